The Bertz CT molecular complexity index is 633. The van der Waals surface area contributed by atoms with E-state index in [1.54, 1.807) is 24.3 Å². The van der Waals surface area contributed by atoms with Crippen molar-refractivity contribution in [3.63, 3.8) is 0 Å². The zero-order valence-corrected chi connectivity index (χ0v) is 14.5. The third-order valence-corrected chi connectivity index (χ3v) is 7.04. The van der Waals surface area contributed by atoms with Crippen molar-refractivity contribution in [2.45, 2.75) is 17.0 Å². The molecule has 2 atom stereocenters. The van der Waals surface area contributed by atoms with Crippen molar-refractivity contribution in [1.82, 2.24) is 9.21 Å². The number of halogens is 1. The summed E-state index contributed by atoms with van der Waals surface area (Å²) >= 11 is 3.29. The van der Waals surface area contributed by atoms with Crippen LogP contribution in [0.1, 0.15) is 0 Å². The summed E-state index contributed by atoms with van der Waals surface area (Å²) in [5, 5.41) is 10.3. The molecule has 1 aromatic rings. The highest BCUT2D eigenvalue weighted by molar-refractivity contribution is 9.10. The first-order chi connectivity index (χ1) is 10.5. The largest absolute Gasteiger partial charge is 0.390 e. The van der Waals surface area contributed by atoms with Gasteiger partial charge in [-0.3, -0.25) is 4.90 Å². The maximum Gasteiger partial charge on any atom is 0.244 e. The van der Waals surface area contributed by atoms with Gasteiger partial charge in [-0.05, 0) is 28.1 Å². The molecular weight excluding hydrogens is 372 g/mol. The van der Waals surface area contributed by atoms with Crippen molar-refractivity contribution < 1.29 is 18.3 Å². The Hall–Kier alpha value is -0.510. The van der Waals surface area contributed by atoms with Crippen molar-refractivity contribution >= 4 is 26.0 Å². The van der Waals surface area contributed by atoms with E-state index in [1.807, 2.05) is 0 Å². The molecule has 1 aromatic carbocycles. The minimum atomic E-state index is -3.61. The molecule has 2 heterocycles. The SMILES string of the molecule is O=S(=O)(c1ccccc1Br)N1C[C@H](O)[C@@H](N2CCOCC2)C1. The maximum absolute atomic E-state index is 12.8. The minimum absolute atomic E-state index is 0.131. The summed E-state index contributed by atoms with van der Waals surface area (Å²) in [6.45, 7) is 3.15. The van der Waals surface area contributed by atoms with E-state index in [-0.39, 0.29) is 17.5 Å². The minimum Gasteiger partial charge on any atom is -0.390 e. The van der Waals surface area contributed by atoms with E-state index in [9.17, 15) is 13.5 Å². The Kier molecular flexibility index (Phi) is 4.86. The smallest absolute Gasteiger partial charge is 0.244 e. The number of hydrogen-bond donors (Lipinski definition) is 1. The molecule has 0 spiro atoms. The first-order valence-corrected chi connectivity index (χ1v) is 9.48. The van der Waals surface area contributed by atoms with E-state index < -0.39 is 16.1 Å². The number of β-amino-alcohol motifs (C(OH)–C–C–N with tert-alkyl or cyclic N) is 1. The molecule has 2 aliphatic heterocycles. The van der Waals surface area contributed by atoms with Gasteiger partial charge >= 0.3 is 0 Å². The average Bonchev–Trinajstić information content (AvgIpc) is 2.91. The van der Waals surface area contributed by atoms with Gasteiger partial charge in [0.2, 0.25) is 10.0 Å². The lowest BCUT2D eigenvalue weighted by molar-refractivity contribution is -0.00602. The molecule has 0 saturated carbocycles. The average molecular weight is 391 g/mol. The molecule has 8 heteroatoms. The fourth-order valence-corrected chi connectivity index (χ4v) is 5.43. The molecule has 0 bridgehead atoms. The Balaban J connectivity index is 1.80. The third-order valence-electron chi connectivity index (χ3n) is 4.19. The Morgan fingerprint density at radius 1 is 1.18 bits per heavy atom. The second-order valence-corrected chi connectivity index (χ2v) is 8.30. The Labute approximate surface area is 138 Å². The highest BCUT2D eigenvalue weighted by atomic mass is 79.9. The van der Waals surface area contributed by atoms with Gasteiger partial charge in [0.1, 0.15) is 0 Å². The molecule has 2 saturated heterocycles. The van der Waals surface area contributed by atoms with Gasteiger partial charge in [-0.15, -0.1) is 0 Å². The lowest BCUT2D eigenvalue weighted by Gasteiger charge is -2.33. The van der Waals surface area contributed by atoms with Gasteiger partial charge in [-0.1, -0.05) is 12.1 Å². The van der Waals surface area contributed by atoms with Crippen LogP contribution in [0.15, 0.2) is 33.6 Å². The van der Waals surface area contributed by atoms with Crippen molar-refractivity contribution in [2.24, 2.45) is 0 Å². The standard InChI is InChI=1S/C14H19BrN2O4S/c15-11-3-1-2-4-14(11)22(19,20)17-9-12(13(18)10-17)16-5-7-21-8-6-16/h1-4,12-13,18H,5-10H2/t12-,13-/m0/s1. The van der Waals surface area contributed by atoms with E-state index in [1.165, 1.54) is 4.31 Å². The predicted molar refractivity (Wildman–Crippen MR) is 85.1 cm³/mol. The van der Waals surface area contributed by atoms with Gasteiger partial charge in [0, 0.05) is 30.7 Å². The summed E-state index contributed by atoms with van der Waals surface area (Å²) in [5.41, 5.74) is 0. The number of rotatable bonds is 3. The number of morpholine rings is 1. The summed E-state index contributed by atoms with van der Waals surface area (Å²) in [6.07, 6.45) is -0.671. The highest BCUT2D eigenvalue weighted by Crippen LogP contribution is 2.28. The first-order valence-electron chi connectivity index (χ1n) is 7.24. The molecule has 0 aliphatic carbocycles. The number of nitrogens with zero attached hydrogens (tertiary/aromatic N) is 2. The number of aliphatic hydroxyl groups excluding tert-OH is 1. The Morgan fingerprint density at radius 3 is 2.55 bits per heavy atom. The molecule has 6 nitrogen and oxygen atoms in total. The van der Waals surface area contributed by atoms with Gasteiger partial charge in [0.05, 0.1) is 30.3 Å². The second-order valence-electron chi connectivity index (χ2n) is 5.54. The van der Waals surface area contributed by atoms with E-state index in [4.69, 9.17) is 4.74 Å². The fourth-order valence-electron chi connectivity index (χ4n) is 2.99. The molecule has 2 fully saturated rings. The zero-order valence-electron chi connectivity index (χ0n) is 12.1. The summed E-state index contributed by atoms with van der Waals surface area (Å²) in [4.78, 5) is 2.36. The van der Waals surface area contributed by atoms with Crippen LogP contribution < -0.4 is 0 Å². The second kappa shape index (κ2) is 6.54. The van der Waals surface area contributed by atoms with E-state index in [2.05, 4.69) is 20.8 Å². The van der Waals surface area contributed by atoms with Crippen LogP contribution in [0, 0.1) is 0 Å². The monoisotopic (exact) mass is 390 g/mol. The molecule has 1 N–H and O–H groups in total. The van der Waals surface area contributed by atoms with Gasteiger partial charge in [0.25, 0.3) is 0 Å². The number of hydrogen-bond acceptors (Lipinski definition) is 5. The van der Waals surface area contributed by atoms with Crippen molar-refractivity contribution in [3.8, 4) is 0 Å². The van der Waals surface area contributed by atoms with Gasteiger partial charge in [-0.2, -0.15) is 4.31 Å². The molecule has 0 unspecified atom stereocenters. The number of ether oxygens (including phenoxy) is 1. The lowest BCUT2D eigenvalue weighted by Crippen LogP contribution is -2.49. The molecular formula is C14H19BrN2O4S. The van der Waals surface area contributed by atoms with Gasteiger partial charge in [0.15, 0.2) is 0 Å². The maximum atomic E-state index is 12.8. The topological polar surface area (TPSA) is 70.1 Å². The van der Waals surface area contributed by atoms with Crippen molar-refractivity contribution in [3.05, 3.63) is 28.7 Å². The van der Waals surface area contributed by atoms with Crippen LogP contribution in [0.3, 0.4) is 0 Å². The van der Waals surface area contributed by atoms with Crippen LogP contribution >= 0.6 is 15.9 Å². The van der Waals surface area contributed by atoms with Gasteiger partial charge in [-0.25, -0.2) is 8.42 Å². The normalized spacial score (nSPS) is 28.1. The van der Waals surface area contributed by atoms with Crippen LogP contribution in [0.4, 0.5) is 0 Å². The van der Waals surface area contributed by atoms with Crippen molar-refractivity contribution in [2.75, 3.05) is 39.4 Å². The van der Waals surface area contributed by atoms with Crippen LogP contribution in [-0.4, -0.2) is 74.3 Å². The molecule has 0 aromatic heterocycles. The summed E-state index contributed by atoms with van der Waals surface area (Å²) in [6, 6.07) is 6.59. The molecule has 0 radical (unpaired) electrons. The zero-order chi connectivity index (χ0) is 15.7. The molecule has 0 amide bonds. The van der Waals surface area contributed by atoms with E-state index in [0.717, 1.165) is 13.1 Å². The molecule has 2 aliphatic rings. The predicted octanol–water partition coefficient (Wildman–Crippen LogP) is 0.515. The quantitative estimate of drug-likeness (QED) is 0.814. The summed E-state index contributed by atoms with van der Waals surface area (Å²) in [5.74, 6) is 0. The van der Waals surface area contributed by atoms with E-state index in [0.29, 0.717) is 24.2 Å². The fraction of sp³-hybridized carbons (Fsp3) is 0.571. The first kappa shape index (κ1) is 16.4. The number of aliphatic hydroxyl groups is 1. The highest BCUT2D eigenvalue weighted by Gasteiger charge is 2.41. The number of sulfonamides is 1. The third kappa shape index (κ3) is 3.08. The van der Waals surface area contributed by atoms with Crippen LogP contribution in [-0.2, 0) is 14.8 Å². The van der Waals surface area contributed by atoms with Crippen LogP contribution in [0.25, 0.3) is 0 Å². The van der Waals surface area contributed by atoms with Gasteiger partial charge < -0.3 is 9.84 Å². The lowest BCUT2D eigenvalue weighted by atomic mass is 10.2. The van der Waals surface area contributed by atoms with Crippen molar-refractivity contribution in [1.29, 1.82) is 0 Å². The molecule has 22 heavy (non-hydrogen) atoms. The summed E-state index contributed by atoms with van der Waals surface area (Å²) < 4.78 is 32.8. The molecule has 3 rings (SSSR count). The molecule has 122 valence electrons. The van der Waals surface area contributed by atoms with Crippen LogP contribution in [0.2, 0.25) is 0 Å². The van der Waals surface area contributed by atoms with Crippen LogP contribution in [0.5, 0.6) is 0 Å². The Morgan fingerprint density at radius 2 is 1.86 bits per heavy atom. The van der Waals surface area contributed by atoms with E-state index >= 15 is 0 Å². The number of benzene rings is 1. The summed E-state index contributed by atoms with van der Waals surface area (Å²) in [7, 11) is -3.61.